The third-order valence-corrected chi connectivity index (χ3v) is 2.41. The van der Waals surface area contributed by atoms with Crippen molar-refractivity contribution in [1.82, 2.24) is 4.57 Å². The van der Waals surface area contributed by atoms with Crippen LogP contribution in [0.4, 0.5) is 0 Å². The normalized spacial score (nSPS) is 10.3. The lowest BCUT2D eigenvalue weighted by Crippen LogP contribution is -2.19. The highest BCUT2D eigenvalue weighted by atomic mass is 35.5. The van der Waals surface area contributed by atoms with Gasteiger partial charge in [0.25, 0.3) is 5.56 Å². The fraction of sp³-hybridized carbons (Fsp3) is 0.0833. The zero-order chi connectivity index (χ0) is 10.8. The highest BCUT2D eigenvalue weighted by molar-refractivity contribution is 6.30. The van der Waals surface area contributed by atoms with E-state index in [9.17, 15) is 4.79 Å². The van der Waals surface area contributed by atoms with Gasteiger partial charge in [0, 0.05) is 22.5 Å². The zero-order valence-corrected chi connectivity index (χ0v) is 9.03. The summed E-state index contributed by atoms with van der Waals surface area (Å²) < 4.78 is 1.63. The molecule has 0 N–H and O–H groups in total. The van der Waals surface area contributed by atoms with Crippen LogP contribution in [-0.2, 0) is 0 Å². The quantitative estimate of drug-likeness (QED) is 0.723. The minimum Gasteiger partial charge on any atom is -0.282 e. The van der Waals surface area contributed by atoms with Gasteiger partial charge in [-0.3, -0.25) is 9.36 Å². The summed E-state index contributed by atoms with van der Waals surface area (Å²) in [5.74, 6) is 0. The molecule has 0 saturated carbocycles. The standard InChI is InChI=1S/C12H10ClNO/c1-9-7-10(13)8-12(15)14(9)11-5-3-2-4-6-11/h2-8H,1H3. The van der Waals surface area contributed by atoms with Crippen molar-refractivity contribution in [2.24, 2.45) is 0 Å². The van der Waals surface area contributed by atoms with Crippen molar-refractivity contribution in [1.29, 1.82) is 0 Å². The van der Waals surface area contributed by atoms with Gasteiger partial charge in [-0.2, -0.15) is 0 Å². The predicted octanol–water partition coefficient (Wildman–Crippen LogP) is 2.80. The number of hydrogen-bond donors (Lipinski definition) is 0. The molecule has 2 rings (SSSR count). The molecule has 3 heteroatoms. The molecule has 0 radical (unpaired) electrons. The van der Waals surface area contributed by atoms with Crippen LogP contribution >= 0.6 is 11.6 Å². The van der Waals surface area contributed by atoms with E-state index < -0.39 is 0 Å². The number of pyridine rings is 1. The maximum Gasteiger partial charge on any atom is 0.256 e. The molecule has 0 aliphatic carbocycles. The lowest BCUT2D eigenvalue weighted by atomic mass is 10.3. The fourth-order valence-corrected chi connectivity index (χ4v) is 1.82. The van der Waals surface area contributed by atoms with E-state index in [2.05, 4.69) is 0 Å². The number of rotatable bonds is 1. The number of aryl methyl sites for hydroxylation is 1. The molecular formula is C12H10ClNO. The Morgan fingerprint density at radius 3 is 2.40 bits per heavy atom. The van der Waals surface area contributed by atoms with Gasteiger partial charge in [-0.15, -0.1) is 0 Å². The summed E-state index contributed by atoms with van der Waals surface area (Å²) in [4.78, 5) is 11.7. The van der Waals surface area contributed by atoms with Crippen LogP contribution in [0, 0.1) is 6.92 Å². The van der Waals surface area contributed by atoms with Crippen molar-refractivity contribution in [3.63, 3.8) is 0 Å². The van der Waals surface area contributed by atoms with Crippen molar-refractivity contribution in [2.45, 2.75) is 6.92 Å². The van der Waals surface area contributed by atoms with Crippen LogP contribution in [0.3, 0.4) is 0 Å². The Kier molecular flexibility index (Phi) is 2.60. The van der Waals surface area contributed by atoms with Crippen LogP contribution in [0.5, 0.6) is 0 Å². The summed E-state index contributed by atoms with van der Waals surface area (Å²) in [6.07, 6.45) is 0. The summed E-state index contributed by atoms with van der Waals surface area (Å²) in [6.45, 7) is 1.86. The number of benzene rings is 1. The van der Waals surface area contributed by atoms with Crippen LogP contribution in [0.2, 0.25) is 5.02 Å². The van der Waals surface area contributed by atoms with Crippen LogP contribution in [-0.4, -0.2) is 4.57 Å². The number of hydrogen-bond acceptors (Lipinski definition) is 1. The average Bonchev–Trinajstić information content (AvgIpc) is 2.17. The molecule has 0 unspecified atom stereocenters. The van der Waals surface area contributed by atoms with E-state index in [1.807, 2.05) is 37.3 Å². The van der Waals surface area contributed by atoms with E-state index in [-0.39, 0.29) is 5.56 Å². The number of aromatic nitrogens is 1. The van der Waals surface area contributed by atoms with Crippen molar-refractivity contribution >= 4 is 11.6 Å². The molecule has 1 aromatic heterocycles. The van der Waals surface area contributed by atoms with Gasteiger partial charge in [0.15, 0.2) is 0 Å². The number of para-hydroxylation sites is 1. The summed E-state index contributed by atoms with van der Waals surface area (Å²) in [6, 6.07) is 12.7. The minimum absolute atomic E-state index is 0.105. The Balaban J connectivity index is 2.69. The molecule has 0 spiro atoms. The molecule has 1 heterocycles. The van der Waals surface area contributed by atoms with Crippen LogP contribution in [0.1, 0.15) is 5.69 Å². The maximum atomic E-state index is 11.7. The first-order chi connectivity index (χ1) is 7.18. The van der Waals surface area contributed by atoms with Crippen molar-refractivity contribution < 1.29 is 0 Å². The van der Waals surface area contributed by atoms with Crippen LogP contribution < -0.4 is 5.56 Å². The molecule has 2 nitrogen and oxygen atoms in total. The SMILES string of the molecule is Cc1cc(Cl)cc(=O)n1-c1ccccc1. The van der Waals surface area contributed by atoms with Gasteiger partial charge in [0.2, 0.25) is 0 Å². The zero-order valence-electron chi connectivity index (χ0n) is 8.27. The summed E-state index contributed by atoms with van der Waals surface area (Å²) in [7, 11) is 0. The highest BCUT2D eigenvalue weighted by Crippen LogP contribution is 2.11. The molecule has 76 valence electrons. The molecule has 0 aliphatic rings. The summed E-state index contributed by atoms with van der Waals surface area (Å²) >= 11 is 5.80. The average molecular weight is 220 g/mol. The van der Waals surface area contributed by atoms with Crippen molar-refractivity contribution in [2.75, 3.05) is 0 Å². The molecule has 0 amide bonds. The largest absolute Gasteiger partial charge is 0.282 e. The molecule has 0 aliphatic heterocycles. The van der Waals surface area contributed by atoms with Gasteiger partial charge in [-0.05, 0) is 25.1 Å². The third kappa shape index (κ3) is 1.95. The van der Waals surface area contributed by atoms with Gasteiger partial charge in [-0.25, -0.2) is 0 Å². The van der Waals surface area contributed by atoms with Gasteiger partial charge >= 0.3 is 0 Å². The first-order valence-electron chi connectivity index (χ1n) is 4.63. The second-order valence-electron chi connectivity index (χ2n) is 3.32. The van der Waals surface area contributed by atoms with Gasteiger partial charge in [0.05, 0.1) is 0 Å². The van der Waals surface area contributed by atoms with E-state index in [0.29, 0.717) is 5.02 Å². The number of halogens is 1. The minimum atomic E-state index is -0.105. The van der Waals surface area contributed by atoms with Gasteiger partial charge < -0.3 is 0 Å². The molecule has 15 heavy (non-hydrogen) atoms. The Bertz CT molecular complexity index is 531. The van der Waals surface area contributed by atoms with Gasteiger partial charge in [-0.1, -0.05) is 29.8 Å². The maximum absolute atomic E-state index is 11.7. The van der Waals surface area contributed by atoms with E-state index in [1.54, 1.807) is 10.6 Å². The molecule has 0 atom stereocenters. The van der Waals surface area contributed by atoms with Gasteiger partial charge in [0.1, 0.15) is 0 Å². The lowest BCUT2D eigenvalue weighted by molar-refractivity contribution is 0.935. The van der Waals surface area contributed by atoms with E-state index >= 15 is 0 Å². The summed E-state index contributed by atoms with van der Waals surface area (Å²) in [5, 5.41) is 0.477. The Hall–Kier alpha value is -1.54. The van der Waals surface area contributed by atoms with Crippen LogP contribution in [0.15, 0.2) is 47.3 Å². The second-order valence-corrected chi connectivity index (χ2v) is 3.76. The highest BCUT2D eigenvalue weighted by Gasteiger charge is 2.03. The predicted molar refractivity (Wildman–Crippen MR) is 61.8 cm³/mol. The molecule has 0 fully saturated rings. The van der Waals surface area contributed by atoms with Crippen molar-refractivity contribution in [3.05, 3.63) is 63.5 Å². The van der Waals surface area contributed by atoms with E-state index in [0.717, 1.165) is 11.4 Å². The third-order valence-electron chi connectivity index (χ3n) is 2.20. The van der Waals surface area contributed by atoms with E-state index in [1.165, 1.54) is 6.07 Å². The molecule has 0 bridgehead atoms. The Labute approximate surface area is 92.7 Å². The molecule has 0 saturated heterocycles. The first kappa shape index (κ1) is 9.99. The topological polar surface area (TPSA) is 22.0 Å². The lowest BCUT2D eigenvalue weighted by Gasteiger charge is -2.09. The fourth-order valence-electron chi connectivity index (χ4n) is 1.57. The summed E-state index contributed by atoms with van der Waals surface area (Å²) in [5.41, 5.74) is 1.58. The number of nitrogens with zero attached hydrogens (tertiary/aromatic N) is 1. The van der Waals surface area contributed by atoms with E-state index in [4.69, 9.17) is 11.6 Å². The first-order valence-corrected chi connectivity index (χ1v) is 5.01. The van der Waals surface area contributed by atoms with Crippen LogP contribution in [0.25, 0.3) is 5.69 Å². The smallest absolute Gasteiger partial charge is 0.256 e. The molecule has 2 aromatic rings. The van der Waals surface area contributed by atoms with Crippen molar-refractivity contribution in [3.8, 4) is 5.69 Å². The Morgan fingerprint density at radius 1 is 1.13 bits per heavy atom. The molecular weight excluding hydrogens is 210 g/mol. The Morgan fingerprint density at radius 2 is 1.80 bits per heavy atom. The monoisotopic (exact) mass is 219 g/mol. The second kappa shape index (κ2) is 3.91. The molecule has 1 aromatic carbocycles.